The quantitative estimate of drug-likeness (QED) is 0.227. The van der Waals surface area contributed by atoms with Crippen molar-refractivity contribution in [1.82, 2.24) is 24.4 Å². The Morgan fingerprint density at radius 3 is 2.71 bits per heavy atom. The second-order valence-corrected chi connectivity index (χ2v) is 11.1. The van der Waals surface area contributed by atoms with Crippen LogP contribution in [0.2, 0.25) is 5.02 Å². The van der Waals surface area contributed by atoms with E-state index in [0.29, 0.717) is 22.4 Å². The monoisotopic (exact) mass is 599 g/mol. The molecule has 5 heterocycles. The Kier molecular flexibility index (Phi) is 7.61. The number of rotatable bonds is 8. The highest BCUT2D eigenvalue weighted by Gasteiger charge is 2.26. The lowest BCUT2D eigenvalue weighted by atomic mass is 9.93. The van der Waals surface area contributed by atoms with Gasteiger partial charge in [-0.25, -0.2) is 19.3 Å². The van der Waals surface area contributed by atoms with Crippen molar-refractivity contribution in [2.75, 3.05) is 19.7 Å². The van der Waals surface area contributed by atoms with Crippen LogP contribution >= 0.6 is 27.5 Å². The van der Waals surface area contributed by atoms with Gasteiger partial charge in [0.15, 0.2) is 0 Å². The zero-order valence-corrected chi connectivity index (χ0v) is 23.2. The molecule has 6 rings (SSSR count). The molecule has 2 aliphatic heterocycles. The van der Waals surface area contributed by atoms with Gasteiger partial charge in [0, 0.05) is 34.9 Å². The average molecular weight is 601 g/mol. The number of imidazole rings is 1. The van der Waals surface area contributed by atoms with E-state index in [2.05, 4.69) is 36.4 Å². The first-order valence-electron chi connectivity index (χ1n) is 12.9. The van der Waals surface area contributed by atoms with Gasteiger partial charge in [-0.3, -0.25) is 4.90 Å². The van der Waals surface area contributed by atoms with Crippen molar-refractivity contribution in [2.24, 2.45) is 0 Å². The highest BCUT2D eigenvalue weighted by Crippen LogP contribution is 2.30. The Bertz CT molecular complexity index is 1440. The van der Waals surface area contributed by atoms with Gasteiger partial charge in [-0.1, -0.05) is 23.7 Å². The fourth-order valence-corrected chi connectivity index (χ4v) is 5.60. The van der Waals surface area contributed by atoms with E-state index in [1.165, 1.54) is 6.07 Å². The van der Waals surface area contributed by atoms with E-state index in [1.54, 1.807) is 12.1 Å². The zero-order valence-electron chi connectivity index (χ0n) is 20.8. The van der Waals surface area contributed by atoms with Gasteiger partial charge in [-0.15, -0.1) is 0 Å². The average Bonchev–Trinajstić information content (AvgIpc) is 3.22. The van der Waals surface area contributed by atoms with Crippen LogP contribution in [0.1, 0.15) is 42.3 Å². The van der Waals surface area contributed by atoms with E-state index < -0.39 is 0 Å². The van der Waals surface area contributed by atoms with Gasteiger partial charge >= 0.3 is 0 Å². The second kappa shape index (κ2) is 11.3. The van der Waals surface area contributed by atoms with Crippen molar-refractivity contribution >= 4 is 38.6 Å². The third-order valence-corrected chi connectivity index (χ3v) is 8.04. The largest absolute Gasteiger partial charge is 0.473 e. The van der Waals surface area contributed by atoms with Crippen molar-refractivity contribution < 1.29 is 13.9 Å². The first-order chi connectivity index (χ1) is 18.5. The van der Waals surface area contributed by atoms with Crippen LogP contribution in [0.5, 0.6) is 5.88 Å². The first-order valence-corrected chi connectivity index (χ1v) is 14.1. The predicted molar refractivity (Wildman–Crippen MR) is 147 cm³/mol. The van der Waals surface area contributed by atoms with Crippen LogP contribution in [0.4, 0.5) is 4.39 Å². The molecule has 10 heteroatoms. The number of aromatic nitrogens is 4. The van der Waals surface area contributed by atoms with Gasteiger partial charge in [0.25, 0.3) is 0 Å². The smallest absolute Gasteiger partial charge is 0.213 e. The van der Waals surface area contributed by atoms with Crippen LogP contribution in [0, 0.1) is 5.82 Å². The minimum absolute atomic E-state index is 0.108. The molecule has 0 N–H and O–H groups in total. The molecule has 4 aromatic rings. The maximum absolute atomic E-state index is 14.1. The summed E-state index contributed by atoms with van der Waals surface area (Å²) in [6, 6.07) is 12.4. The molecule has 1 atom stereocenters. The molecule has 1 unspecified atom stereocenters. The maximum Gasteiger partial charge on any atom is 0.213 e. The summed E-state index contributed by atoms with van der Waals surface area (Å²) in [5.74, 6) is 1.53. The van der Waals surface area contributed by atoms with Crippen LogP contribution < -0.4 is 4.74 Å². The van der Waals surface area contributed by atoms with Crippen molar-refractivity contribution in [3.63, 3.8) is 0 Å². The molecule has 1 aromatic carbocycles. The molecule has 0 radical (unpaired) electrons. The number of pyridine rings is 2. The topological polar surface area (TPSA) is 65.3 Å². The maximum atomic E-state index is 14.1. The number of piperidine rings is 1. The minimum Gasteiger partial charge on any atom is -0.473 e. The standard InChI is InChI=1S/C28H28BrClFN5O2/c29-26-13-24-25(14-32-26)36(15-21-8-11-37-21)27(33-24)16-35-9-6-18(7-10-35)23-2-1-3-28(34-23)38-17-19-4-5-20(30)12-22(19)31/h1-5,12-14,18,21H,6-11,15-17H2. The highest BCUT2D eigenvalue weighted by atomic mass is 79.9. The van der Waals surface area contributed by atoms with Crippen molar-refractivity contribution in [1.29, 1.82) is 0 Å². The number of halogens is 3. The molecular weight excluding hydrogens is 573 g/mol. The van der Waals surface area contributed by atoms with Gasteiger partial charge in [0.1, 0.15) is 22.9 Å². The van der Waals surface area contributed by atoms with Crippen LogP contribution in [-0.4, -0.2) is 50.2 Å². The molecule has 0 spiro atoms. The van der Waals surface area contributed by atoms with E-state index in [1.807, 2.05) is 24.4 Å². The minimum atomic E-state index is -0.376. The van der Waals surface area contributed by atoms with Crippen LogP contribution in [-0.2, 0) is 24.4 Å². The number of likely N-dealkylation sites (tertiary alicyclic amines) is 1. The number of fused-ring (bicyclic) bond motifs is 1. The molecule has 198 valence electrons. The second-order valence-electron chi connectivity index (χ2n) is 9.89. The lowest BCUT2D eigenvalue weighted by Crippen LogP contribution is -2.35. The highest BCUT2D eigenvalue weighted by molar-refractivity contribution is 9.10. The summed E-state index contributed by atoms with van der Waals surface area (Å²) in [6.45, 7) is 4.45. The summed E-state index contributed by atoms with van der Waals surface area (Å²) < 4.78 is 28.7. The summed E-state index contributed by atoms with van der Waals surface area (Å²) in [7, 11) is 0. The van der Waals surface area contributed by atoms with Gasteiger partial charge in [-0.2, -0.15) is 0 Å². The number of ether oxygens (including phenoxy) is 2. The summed E-state index contributed by atoms with van der Waals surface area (Å²) in [5, 5.41) is 0.368. The Hall–Kier alpha value is -2.59. The summed E-state index contributed by atoms with van der Waals surface area (Å²) >= 11 is 9.32. The molecule has 7 nitrogen and oxygen atoms in total. The van der Waals surface area contributed by atoms with E-state index in [4.69, 9.17) is 31.0 Å². The summed E-state index contributed by atoms with van der Waals surface area (Å²) in [6.07, 6.45) is 5.22. The Morgan fingerprint density at radius 1 is 1.11 bits per heavy atom. The molecular formula is C28H28BrClFN5O2. The fourth-order valence-electron chi connectivity index (χ4n) is 5.12. The molecule has 38 heavy (non-hydrogen) atoms. The third-order valence-electron chi connectivity index (χ3n) is 7.37. The number of hydrogen-bond acceptors (Lipinski definition) is 6. The Labute approximate surface area is 234 Å². The van der Waals surface area contributed by atoms with Crippen molar-refractivity contribution in [3.05, 3.63) is 81.2 Å². The van der Waals surface area contributed by atoms with Gasteiger partial charge < -0.3 is 14.0 Å². The lowest BCUT2D eigenvalue weighted by molar-refractivity contribution is -0.0592. The van der Waals surface area contributed by atoms with E-state index in [-0.39, 0.29) is 18.5 Å². The van der Waals surface area contributed by atoms with Gasteiger partial charge in [0.2, 0.25) is 5.88 Å². The van der Waals surface area contributed by atoms with Crippen LogP contribution in [0.15, 0.2) is 53.3 Å². The number of nitrogens with zero attached hydrogens (tertiary/aromatic N) is 5. The molecule has 2 saturated heterocycles. The molecule has 3 aromatic heterocycles. The van der Waals surface area contributed by atoms with E-state index in [9.17, 15) is 4.39 Å². The number of benzene rings is 1. The van der Waals surface area contributed by atoms with Crippen molar-refractivity contribution in [3.8, 4) is 5.88 Å². The lowest BCUT2D eigenvalue weighted by Gasteiger charge is -2.32. The van der Waals surface area contributed by atoms with Crippen molar-refractivity contribution in [2.45, 2.75) is 51.0 Å². The van der Waals surface area contributed by atoms with Crippen LogP contribution in [0.3, 0.4) is 0 Å². The fraction of sp³-hybridized carbons (Fsp3) is 0.393. The molecule has 2 aliphatic rings. The van der Waals surface area contributed by atoms with Crippen LogP contribution in [0.25, 0.3) is 11.0 Å². The molecule has 2 fully saturated rings. The first kappa shape index (κ1) is 25.7. The Balaban J connectivity index is 1.09. The SMILES string of the molecule is Fc1cc(Cl)ccc1COc1cccc(C2CCN(Cc3nc4cc(Br)ncc4n3CC3CCO3)CC2)n1. The van der Waals surface area contributed by atoms with E-state index >= 15 is 0 Å². The van der Waals surface area contributed by atoms with Gasteiger partial charge in [-0.05, 0) is 72.5 Å². The molecule has 0 amide bonds. The molecule has 0 bridgehead atoms. The van der Waals surface area contributed by atoms with Gasteiger partial charge in [0.05, 0.1) is 36.4 Å². The molecule has 0 saturated carbocycles. The third kappa shape index (κ3) is 5.71. The predicted octanol–water partition coefficient (Wildman–Crippen LogP) is 6.13. The molecule has 0 aliphatic carbocycles. The Morgan fingerprint density at radius 2 is 1.95 bits per heavy atom. The number of hydrogen-bond donors (Lipinski definition) is 0. The summed E-state index contributed by atoms with van der Waals surface area (Å²) in [5.41, 5.74) is 3.47. The zero-order chi connectivity index (χ0) is 26.1. The normalized spacial score (nSPS) is 18.6. The summed E-state index contributed by atoms with van der Waals surface area (Å²) in [4.78, 5) is 16.6. The van der Waals surface area contributed by atoms with E-state index in [0.717, 1.165) is 79.2 Å².